The van der Waals surface area contributed by atoms with Crippen LogP contribution in [0.15, 0.2) is 0 Å². The highest BCUT2D eigenvalue weighted by Gasteiger charge is 2.37. The molecule has 0 aliphatic heterocycles. The van der Waals surface area contributed by atoms with Crippen molar-refractivity contribution in [3.05, 3.63) is 16.0 Å². The second-order valence-corrected chi connectivity index (χ2v) is 7.96. The fourth-order valence-corrected chi connectivity index (χ4v) is 4.98. The number of esters is 1. The fourth-order valence-electron chi connectivity index (χ4n) is 3.71. The van der Waals surface area contributed by atoms with E-state index in [0.29, 0.717) is 17.2 Å². The van der Waals surface area contributed by atoms with Crippen molar-refractivity contribution >= 4 is 28.2 Å². The molecule has 1 aromatic rings. The molecule has 3 rings (SSSR count). The van der Waals surface area contributed by atoms with E-state index >= 15 is 0 Å². The number of carbonyl (C=O) groups is 2. The largest absolute Gasteiger partial charge is 0.462 e. The van der Waals surface area contributed by atoms with Crippen molar-refractivity contribution in [1.29, 1.82) is 0 Å². The van der Waals surface area contributed by atoms with Crippen molar-refractivity contribution < 1.29 is 14.3 Å². The van der Waals surface area contributed by atoms with Gasteiger partial charge in [-0.25, -0.2) is 4.79 Å². The standard InChI is InChI=1S/C18H25NO3S/c1-3-22-16(20)14-12-8-4-5-9-13(12)23-15(14)19-17(21)18(2)10-6-7-11-18/h3-11H2,1-2H3,(H,19,21). The lowest BCUT2D eigenvalue weighted by Crippen LogP contribution is -2.31. The van der Waals surface area contributed by atoms with E-state index in [-0.39, 0.29) is 17.3 Å². The Morgan fingerprint density at radius 2 is 1.87 bits per heavy atom. The van der Waals surface area contributed by atoms with Gasteiger partial charge in [0, 0.05) is 10.3 Å². The molecule has 0 radical (unpaired) electrons. The second kappa shape index (κ2) is 6.63. The minimum absolute atomic E-state index is 0.0548. The van der Waals surface area contributed by atoms with Gasteiger partial charge in [-0.3, -0.25) is 4.79 Å². The van der Waals surface area contributed by atoms with E-state index in [9.17, 15) is 9.59 Å². The highest BCUT2D eigenvalue weighted by atomic mass is 32.1. The number of rotatable bonds is 4. The molecule has 2 aliphatic carbocycles. The number of thiophene rings is 1. The number of hydrogen-bond acceptors (Lipinski definition) is 4. The van der Waals surface area contributed by atoms with Crippen LogP contribution in [0.1, 0.15) is 73.2 Å². The molecule has 2 aliphatic rings. The lowest BCUT2D eigenvalue weighted by molar-refractivity contribution is -0.124. The Labute approximate surface area is 141 Å². The van der Waals surface area contributed by atoms with E-state index in [2.05, 4.69) is 5.32 Å². The lowest BCUT2D eigenvalue weighted by atomic mass is 9.88. The van der Waals surface area contributed by atoms with Crippen molar-refractivity contribution in [1.82, 2.24) is 0 Å². The maximum Gasteiger partial charge on any atom is 0.341 e. The number of anilines is 1. The first-order chi connectivity index (χ1) is 11.0. The maximum absolute atomic E-state index is 12.7. The van der Waals surface area contributed by atoms with Gasteiger partial charge >= 0.3 is 5.97 Å². The first kappa shape index (κ1) is 16.5. The van der Waals surface area contributed by atoms with Gasteiger partial charge in [-0.15, -0.1) is 11.3 Å². The van der Waals surface area contributed by atoms with Crippen LogP contribution < -0.4 is 5.32 Å². The Morgan fingerprint density at radius 1 is 1.17 bits per heavy atom. The van der Waals surface area contributed by atoms with E-state index in [0.717, 1.165) is 56.9 Å². The van der Waals surface area contributed by atoms with Gasteiger partial charge in [0.15, 0.2) is 0 Å². The molecule has 126 valence electrons. The SMILES string of the molecule is CCOC(=O)c1c(NC(=O)C2(C)CCCC2)sc2c1CCCC2. The molecule has 0 spiro atoms. The molecule has 0 aromatic carbocycles. The minimum Gasteiger partial charge on any atom is -0.462 e. The highest BCUT2D eigenvalue weighted by molar-refractivity contribution is 7.17. The van der Waals surface area contributed by atoms with Crippen LogP contribution in [-0.2, 0) is 22.4 Å². The van der Waals surface area contributed by atoms with Crippen molar-refractivity contribution in [3.8, 4) is 0 Å². The lowest BCUT2D eigenvalue weighted by Gasteiger charge is -2.22. The van der Waals surface area contributed by atoms with Crippen LogP contribution in [-0.4, -0.2) is 18.5 Å². The first-order valence-corrected chi connectivity index (χ1v) is 9.50. The number of fused-ring (bicyclic) bond motifs is 1. The summed E-state index contributed by atoms with van der Waals surface area (Å²) in [4.78, 5) is 26.4. The zero-order chi connectivity index (χ0) is 16.4. The van der Waals surface area contributed by atoms with E-state index in [1.165, 1.54) is 4.88 Å². The molecular formula is C18H25NO3S. The number of hydrogen-bond donors (Lipinski definition) is 1. The molecule has 1 saturated carbocycles. The van der Waals surface area contributed by atoms with Gasteiger partial charge in [-0.1, -0.05) is 19.8 Å². The third-order valence-corrected chi connectivity index (χ3v) is 6.34. The van der Waals surface area contributed by atoms with Crippen molar-refractivity contribution in [2.75, 3.05) is 11.9 Å². The average Bonchev–Trinajstić information content (AvgIpc) is 3.11. The smallest absolute Gasteiger partial charge is 0.341 e. The molecule has 4 nitrogen and oxygen atoms in total. The molecule has 23 heavy (non-hydrogen) atoms. The Kier molecular flexibility index (Phi) is 4.76. The number of amides is 1. The van der Waals surface area contributed by atoms with Crippen molar-refractivity contribution in [2.45, 2.75) is 65.2 Å². The molecule has 1 aromatic heterocycles. The van der Waals surface area contributed by atoms with Gasteiger partial charge in [0.1, 0.15) is 5.00 Å². The fraction of sp³-hybridized carbons (Fsp3) is 0.667. The molecule has 1 amide bonds. The van der Waals surface area contributed by atoms with Gasteiger partial charge in [0.25, 0.3) is 0 Å². The van der Waals surface area contributed by atoms with E-state index in [1.54, 1.807) is 11.3 Å². The monoisotopic (exact) mass is 335 g/mol. The summed E-state index contributed by atoms with van der Waals surface area (Å²) >= 11 is 1.57. The van der Waals surface area contributed by atoms with Gasteiger partial charge in [0.2, 0.25) is 5.91 Å². The van der Waals surface area contributed by atoms with Crippen LogP contribution in [0.2, 0.25) is 0 Å². The zero-order valence-electron chi connectivity index (χ0n) is 14.0. The summed E-state index contributed by atoms with van der Waals surface area (Å²) in [6.07, 6.45) is 8.23. The topological polar surface area (TPSA) is 55.4 Å². The van der Waals surface area contributed by atoms with Crippen LogP contribution in [0.25, 0.3) is 0 Å². The Balaban J connectivity index is 1.90. The Hall–Kier alpha value is -1.36. The molecule has 0 bridgehead atoms. The van der Waals surface area contributed by atoms with Gasteiger partial charge in [0.05, 0.1) is 12.2 Å². The average molecular weight is 335 g/mol. The highest BCUT2D eigenvalue weighted by Crippen LogP contribution is 2.42. The Bertz CT molecular complexity index is 614. The first-order valence-electron chi connectivity index (χ1n) is 8.68. The summed E-state index contributed by atoms with van der Waals surface area (Å²) in [5.74, 6) is -0.238. The van der Waals surface area contributed by atoms with Crippen LogP contribution in [0, 0.1) is 5.41 Å². The summed E-state index contributed by atoms with van der Waals surface area (Å²) in [5.41, 5.74) is 1.42. The van der Waals surface area contributed by atoms with Crippen molar-refractivity contribution in [3.63, 3.8) is 0 Å². The van der Waals surface area contributed by atoms with Crippen molar-refractivity contribution in [2.24, 2.45) is 5.41 Å². The summed E-state index contributed by atoms with van der Waals surface area (Å²) in [5, 5.41) is 3.77. The normalized spacial score (nSPS) is 19.2. The number of carbonyl (C=O) groups excluding carboxylic acids is 2. The molecule has 0 unspecified atom stereocenters. The van der Waals surface area contributed by atoms with Crippen LogP contribution in [0.3, 0.4) is 0 Å². The van der Waals surface area contributed by atoms with E-state index < -0.39 is 0 Å². The number of aryl methyl sites for hydroxylation is 1. The predicted molar refractivity (Wildman–Crippen MR) is 92.1 cm³/mol. The second-order valence-electron chi connectivity index (χ2n) is 6.86. The summed E-state index contributed by atoms with van der Waals surface area (Å²) in [6, 6.07) is 0. The number of nitrogens with one attached hydrogen (secondary N) is 1. The van der Waals surface area contributed by atoms with Gasteiger partial charge in [-0.05, 0) is 51.0 Å². The predicted octanol–water partition coefficient (Wildman–Crippen LogP) is 4.32. The molecule has 0 saturated heterocycles. The van der Waals surface area contributed by atoms with Gasteiger partial charge in [-0.2, -0.15) is 0 Å². The van der Waals surface area contributed by atoms with Crippen LogP contribution in [0.4, 0.5) is 5.00 Å². The molecule has 0 atom stereocenters. The molecule has 1 fully saturated rings. The molecule has 5 heteroatoms. The summed E-state index contributed by atoms with van der Waals surface area (Å²) < 4.78 is 5.24. The summed E-state index contributed by atoms with van der Waals surface area (Å²) in [6.45, 7) is 4.20. The third-order valence-electron chi connectivity index (χ3n) is 5.13. The molecule has 1 N–H and O–H groups in total. The van der Waals surface area contributed by atoms with E-state index in [4.69, 9.17) is 4.74 Å². The molecular weight excluding hydrogens is 310 g/mol. The maximum atomic E-state index is 12.7. The number of ether oxygens (including phenoxy) is 1. The minimum atomic E-state index is -0.295. The quantitative estimate of drug-likeness (QED) is 0.834. The van der Waals surface area contributed by atoms with E-state index in [1.807, 2.05) is 13.8 Å². The van der Waals surface area contributed by atoms with Crippen LogP contribution >= 0.6 is 11.3 Å². The third kappa shape index (κ3) is 3.16. The zero-order valence-corrected chi connectivity index (χ0v) is 14.8. The van der Waals surface area contributed by atoms with Crippen LogP contribution in [0.5, 0.6) is 0 Å². The summed E-state index contributed by atoms with van der Waals surface area (Å²) in [7, 11) is 0. The van der Waals surface area contributed by atoms with Gasteiger partial charge < -0.3 is 10.1 Å². The Morgan fingerprint density at radius 3 is 2.57 bits per heavy atom. The molecule has 1 heterocycles.